The van der Waals surface area contributed by atoms with E-state index in [1.165, 1.54) is 0 Å². The number of amides is 1. The fraction of sp³-hybridized carbons (Fsp3) is 0.667. The molecule has 1 fully saturated rings. The predicted molar refractivity (Wildman–Crippen MR) is 63.1 cm³/mol. The van der Waals surface area contributed by atoms with Gasteiger partial charge in [0, 0.05) is 12.6 Å². The second kappa shape index (κ2) is 4.87. The predicted octanol–water partition coefficient (Wildman–Crippen LogP) is 0.926. The van der Waals surface area contributed by atoms with Crippen LogP contribution in [0.2, 0.25) is 0 Å². The normalized spacial score (nSPS) is 24.2. The zero-order valence-electron chi connectivity index (χ0n) is 10.3. The number of carbonyl (C=O) groups excluding carboxylic acids is 1. The van der Waals surface area contributed by atoms with Crippen molar-refractivity contribution in [2.75, 3.05) is 13.1 Å². The highest BCUT2D eigenvalue weighted by Crippen LogP contribution is 2.34. The van der Waals surface area contributed by atoms with Gasteiger partial charge in [-0.05, 0) is 18.9 Å². The third kappa shape index (κ3) is 2.34. The zero-order valence-corrected chi connectivity index (χ0v) is 10.3. The molecule has 1 saturated heterocycles. The Balaban J connectivity index is 1.98. The van der Waals surface area contributed by atoms with Crippen LogP contribution in [0.4, 0.5) is 0 Å². The largest absolute Gasteiger partial charge is 0.360 e. The molecule has 0 spiro atoms. The molecule has 1 aliphatic rings. The number of aromatic nitrogens is 1. The minimum atomic E-state index is -0.278. The van der Waals surface area contributed by atoms with E-state index >= 15 is 0 Å². The number of carbonyl (C=O) groups is 1. The van der Waals surface area contributed by atoms with Crippen molar-refractivity contribution in [3.05, 3.63) is 18.0 Å². The SMILES string of the molecule is CC(C)C1(C(=O)NCc2ccno2)CCNC1. The summed E-state index contributed by atoms with van der Waals surface area (Å²) in [5, 5.41) is 9.82. The second-order valence-corrected chi connectivity index (χ2v) is 4.90. The highest BCUT2D eigenvalue weighted by atomic mass is 16.5. The summed E-state index contributed by atoms with van der Waals surface area (Å²) >= 11 is 0. The third-order valence-electron chi connectivity index (χ3n) is 3.66. The van der Waals surface area contributed by atoms with Crippen molar-refractivity contribution in [1.82, 2.24) is 15.8 Å². The lowest BCUT2D eigenvalue weighted by Crippen LogP contribution is -2.45. The van der Waals surface area contributed by atoms with Gasteiger partial charge in [0.25, 0.3) is 0 Å². The molecule has 5 nitrogen and oxygen atoms in total. The molecule has 0 aromatic carbocycles. The number of nitrogens with zero attached hydrogens (tertiary/aromatic N) is 1. The standard InChI is InChI=1S/C12H19N3O2/c1-9(2)12(4-6-13-8-12)11(16)14-7-10-3-5-15-17-10/h3,5,9,13H,4,6-8H2,1-2H3,(H,14,16). The number of nitrogens with one attached hydrogen (secondary N) is 2. The molecule has 2 heterocycles. The van der Waals surface area contributed by atoms with Crippen molar-refractivity contribution in [1.29, 1.82) is 0 Å². The lowest BCUT2D eigenvalue weighted by Gasteiger charge is -2.30. The maximum absolute atomic E-state index is 12.3. The summed E-state index contributed by atoms with van der Waals surface area (Å²) in [6.07, 6.45) is 2.48. The molecule has 2 N–H and O–H groups in total. The maximum Gasteiger partial charge on any atom is 0.228 e. The van der Waals surface area contributed by atoms with Crippen LogP contribution < -0.4 is 10.6 Å². The molecule has 1 aromatic rings. The number of rotatable bonds is 4. The highest BCUT2D eigenvalue weighted by Gasteiger charge is 2.43. The fourth-order valence-corrected chi connectivity index (χ4v) is 2.34. The Hall–Kier alpha value is -1.36. The summed E-state index contributed by atoms with van der Waals surface area (Å²) in [4.78, 5) is 12.3. The van der Waals surface area contributed by atoms with Crippen molar-refractivity contribution < 1.29 is 9.32 Å². The Labute approximate surface area is 101 Å². The summed E-state index contributed by atoms with van der Waals surface area (Å²) in [6.45, 7) is 6.27. The maximum atomic E-state index is 12.3. The smallest absolute Gasteiger partial charge is 0.228 e. The molecule has 2 rings (SSSR count). The van der Waals surface area contributed by atoms with Crippen LogP contribution in [0.25, 0.3) is 0 Å². The van der Waals surface area contributed by atoms with Crippen LogP contribution in [0, 0.1) is 11.3 Å². The van der Waals surface area contributed by atoms with Crippen LogP contribution in [0.5, 0.6) is 0 Å². The monoisotopic (exact) mass is 237 g/mol. The topological polar surface area (TPSA) is 67.2 Å². The lowest BCUT2D eigenvalue weighted by atomic mass is 9.75. The Kier molecular flexibility index (Phi) is 3.47. The van der Waals surface area contributed by atoms with Gasteiger partial charge in [-0.25, -0.2) is 0 Å². The van der Waals surface area contributed by atoms with Gasteiger partial charge < -0.3 is 15.2 Å². The first kappa shape index (κ1) is 12.1. The molecule has 5 heteroatoms. The van der Waals surface area contributed by atoms with E-state index < -0.39 is 0 Å². The minimum absolute atomic E-state index is 0.105. The molecule has 17 heavy (non-hydrogen) atoms. The van der Waals surface area contributed by atoms with E-state index in [-0.39, 0.29) is 11.3 Å². The molecular formula is C12H19N3O2. The summed E-state index contributed by atoms with van der Waals surface area (Å²) in [5.74, 6) is 1.12. The van der Waals surface area contributed by atoms with Crippen LogP contribution in [-0.2, 0) is 11.3 Å². The van der Waals surface area contributed by atoms with Gasteiger partial charge in [-0.3, -0.25) is 4.79 Å². The van der Waals surface area contributed by atoms with Gasteiger partial charge in [-0.2, -0.15) is 0 Å². The first-order valence-corrected chi connectivity index (χ1v) is 6.04. The second-order valence-electron chi connectivity index (χ2n) is 4.90. The van der Waals surface area contributed by atoms with Crippen LogP contribution in [0.3, 0.4) is 0 Å². The average molecular weight is 237 g/mol. The Morgan fingerprint density at radius 3 is 3.06 bits per heavy atom. The molecule has 1 unspecified atom stereocenters. The Morgan fingerprint density at radius 2 is 2.53 bits per heavy atom. The van der Waals surface area contributed by atoms with Crippen molar-refractivity contribution in [2.45, 2.75) is 26.8 Å². The summed E-state index contributed by atoms with van der Waals surface area (Å²) in [5.41, 5.74) is -0.278. The fourth-order valence-electron chi connectivity index (χ4n) is 2.34. The molecular weight excluding hydrogens is 218 g/mol. The molecule has 0 aliphatic carbocycles. The molecule has 0 radical (unpaired) electrons. The van der Waals surface area contributed by atoms with Crippen molar-refractivity contribution >= 4 is 5.91 Å². The Bertz CT molecular complexity index is 367. The third-order valence-corrected chi connectivity index (χ3v) is 3.66. The summed E-state index contributed by atoms with van der Waals surface area (Å²) < 4.78 is 4.96. The van der Waals surface area contributed by atoms with E-state index in [1.807, 2.05) is 0 Å². The van der Waals surface area contributed by atoms with E-state index in [0.717, 1.165) is 19.5 Å². The van der Waals surface area contributed by atoms with Gasteiger partial charge in [-0.15, -0.1) is 0 Å². The van der Waals surface area contributed by atoms with E-state index in [4.69, 9.17) is 4.52 Å². The molecule has 0 saturated carbocycles. The average Bonchev–Trinajstić information content (AvgIpc) is 2.97. The van der Waals surface area contributed by atoms with Crippen LogP contribution in [0.15, 0.2) is 16.8 Å². The first-order valence-electron chi connectivity index (χ1n) is 6.04. The molecule has 0 bridgehead atoms. The number of hydrogen-bond acceptors (Lipinski definition) is 4. The minimum Gasteiger partial charge on any atom is -0.360 e. The summed E-state index contributed by atoms with van der Waals surface area (Å²) in [6, 6.07) is 1.76. The van der Waals surface area contributed by atoms with Crippen molar-refractivity contribution in [3.8, 4) is 0 Å². The first-order chi connectivity index (χ1) is 8.15. The van der Waals surface area contributed by atoms with Gasteiger partial charge in [0.1, 0.15) is 0 Å². The highest BCUT2D eigenvalue weighted by molar-refractivity contribution is 5.83. The van der Waals surface area contributed by atoms with Gasteiger partial charge in [0.2, 0.25) is 5.91 Å². The van der Waals surface area contributed by atoms with E-state index in [1.54, 1.807) is 12.3 Å². The van der Waals surface area contributed by atoms with Crippen LogP contribution in [0.1, 0.15) is 26.0 Å². The molecule has 1 amide bonds. The zero-order chi connectivity index (χ0) is 12.3. The number of hydrogen-bond donors (Lipinski definition) is 2. The van der Waals surface area contributed by atoms with Crippen LogP contribution in [-0.4, -0.2) is 24.2 Å². The molecule has 94 valence electrons. The molecule has 1 aromatic heterocycles. The molecule has 1 atom stereocenters. The van der Waals surface area contributed by atoms with Gasteiger partial charge in [-0.1, -0.05) is 19.0 Å². The van der Waals surface area contributed by atoms with Crippen LogP contribution >= 0.6 is 0 Å². The quantitative estimate of drug-likeness (QED) is 0.817. The lowest BCUT2D eigenvalue weighted by molar-refractivity contribution is -0.132. The Morgan fingerprint density at radius 1 is 1.71 bits per heavy atom. The van der Waals surface area contributed by atoms with E-state index in [0.29, 0.717) is 18.2 Å². The summed E-state index contributed by atoms with van der Waals surface area (Å²) in [7, 11) is 0. The molecule has 1 aliphatic heterocycles. The van der Waals surface area contributed by atoms with Crippen molar-refractivity contribution in [3.63, 3.8) is 0 Å². The van der Waals surface area contributed by atoms with E-state index in [2.05, 4.69) is 29.6 Å². The van der Waals surface area contributed by atoms with Gasteiger partial charge >= 0.3 is 0 Å². The van der Waals surface area contributed by atoms with E-state index in [9.17, 15) is 4.79 Å². The van der Waals surface area contributed by atoms with Gasteiger partial charge in [0.15, 0.2) is 5.76 Å². The van der Waals surface area contributed by atoms with Gasteiger partial charge in [0.05, 0.1) is 18.2 Å². The van der Waals surface area contributed by atoms with Crippen molar-refractivity contribution in [2.24, 2.45) is 11.3 Å².